The number of aryl methyl sites for hydroxylation is 1. The molecule has 2 aromatic rings. The topological polar surface area (TPSA) is 65.4 Å². The lowest BCUT2D eigenvalue weighted by atomic mass is 10.0. The van der Waals surface area contributed by atoms with Gasteiger partial charge in [0.25, 0.3) is 5.91 Å². The Labute approximate surface area is 159 Å². The van der Waals surface area contributed by atoms with Gasteiger partial charge in [0.05, 0.1) is 7.11 Å². The van der Waals surface area contributed by atoms with Gasteiger partial charge in [-0.1, -0.05) is 30.3 Å². The number of amides is 1. The Morgan fingerprint density at radius 2 is 2.04 bits per heavy atom. The lowest BCUT2D eigenvalue weighted by molar-refractivity contribution is -0.114. The highest BCUT2D eigenvalue weighted by molar-refractivity contribution is 6.08. The summed E-state index contributed by atoms with van der Waals surface area (Å²) in [6.07, 6.45) is 4.20. The molecule has 27 heavy (non-hydrogen) atoms. The van der Waals surface area contributed by atoms with Gasteiger partial charge in [0, 0.05) is 25.0 Å². The molecule has 0 saturated carbocycles. The first kappa shape index (κ1) is 18.5. The average molecular weight is 361 g/mol. The molecule has 1 aliphatic rings. The normalized spacial score (nSPS) is 13.5. The first-order chi connectivity index (χ1) is 13.2. The standard InChI is InChI=1S/C22H23N3O2/c1-27-20-10-8-17(9-11-20)12-13-24-16-19(15-23)22(26)25-14-4-6-18-5-2-3-7-21(18)25/h2-3,5,7-11,16,24H,4,6,12-14H2,1H3/b19-16-. The van der Waals surface area contributed by atoms with Gasteiger partial charge in [-0.25, -0.2) is 0 Å². The molecule has 0 aromatic heterocycles. The van der Waals surface area contributed by atoms with E-state index in [4.69, 9.17) is 4.74 Å². The highest BCUT2D eigenvalue weighted by Gasteiger charge is 2.24. The molecule has 3 rings (SSSR count). The molecular weight excluding hydrogens is 338 g/mol. The zero-order chi connectivity index (χ0) is 19.1. The largest absolute Gasteiger partial charge is 0.497 e. The van der Waals surface area contributed by atoms with Gasteiger partial charge < -0.3 is 15.0 Å². The monoisotopic (exact) mass is 361 g/mol. The van der Waals surface area contributed by atoms with Crippen LogP contribution in [0.2, 0.25) is 0 Å². The molecule has 5 nitrogen and oxygen atoms in total. The van der Waals surface area contributed by atoms with E-state index in [1.165, 1.54) is 6.20 Å². The second kappa shape index (κ2) is 8.91. The van der Waals surface area contributed by atoms with Crippen molar-refractivity contribution in [3.8, 4) is 11.8 Å². The molecule has 5 heteroatoms. The summed E-state index contributed by atoms with van der Waals surface area (Å²) in [7, 11) is 1.64. The van der Waals surface area contributed by atoms with E-state index in [1.807, 2.05) is 54.6 Å². The van der Waals surface area contributed by atoms with Crippen molar-refractivity contribution in [1.29, 1.82) is 5.26 Å². The summed E-state index contributed by atoms with van der Waals surface area (Å²) in [4.78, 5) is 14.5. The minimum Gasteiger partial charge on any atom is -0.497 e. The van der Waals surface area contributed by atoms with E-state index in [2.05, 4.69) is 5.32 Å². The fourth-order valence-corrected chi connectivity index (χ4v) is 3.21. The Morgan fingerprint density at radius 1 is 1.26 bits per heavy atom. The third-order valence-corrected chi connectivity index (χ3v) is 4.67. The smallest absolute Gasteiger partial charge is 0.270 e. The van der Waals surface area contributed by atoms with Crippen LogP contribution in [0.25, 0.3) is 0 Å². The number of rotatable bonds is 6. The van der Waals surface area contributed by atoms with Crippen molar-refractivity contribution in [2.75, 3.05) is 25.1 Å². The third kappa shape index (κ3) is 4.48. The van der Waals surface area contributed by atoms with Gasteiger partial charge in [0.15, 0.2) is 0 Å². The summed E-state index contributed by atoms with van der Waals surface area (Å²) in [6.45, 7) is 1.28. The highest BCUT2D eigenvalue weighted by Crippen LogP contribution is 2.27. The van der Waals surface area contributed by atoms with Crippen molar-refractivity contribution in [3.63, 3.8) is 0 Å². The van der Waals surface area contributed by atoms with Crippen LogP contribution < -0.4 is 15.0 Å². The molecule has 0 fully saturated rings. The number of benzene rings is 2. The Bertz CT molecular complexity index is 866. The summed E-state index contributed by atoms with van der Waals surface area (Å²) in [5.41, 5.74) is 3.35. The average Bonchev–Trinajstić information content (AvgIpc) is 2.73. The first-order valence-corrected chi connectivity index (χ1v) is 9.09. The predicted molar refractivity (Wildman–Crippen MR) is 106 cm³/mol. The lowest BCUT2D eigenvalue weighted by Crippen LogP contribution is -2.36. The van der Waals surface area contributed by atoms with Gasteiger partial charge in [-0.05, 0) is 48.6 Å². The molecule has 1 heterocycles. The van der Waals surface area contributed by atoms with Crippen LogP contribution in [0.4, 0.5) is 5.69 Å². The molecule has 0 unspecified atom stereocenters. The fraction of sp³-hybridized carbons (Fsp3) is 0.273. The van der Waals surface area contributed by atoms with Crippen molar-refractivity contribution >= 4 is 11.6 Å². The fourth-order valence-electron chi connectivity index (χ4n) is 3.21. The Kier molecular flexibility index (Phi) is 6.11. The molecule has 0 atom stereocenters. The van der Waals surface area contributed by atoms with Gasteiger partial charge >= 0.3 is 0 Å². The number of carbonyl (C=O) groups is 1. The summed E-state index contributed by atoms with van der Waals surface area (Å²) in [5.74, 6) is 0.576. The zero-order valence-electron chi connectivity index (χ0n) is 15.4. The number of ether oxygens (including phenoxy) is 1. The summed E-state index contributed by atoms with van der Waals surface area (Å²) < 4.78 is 5.15. The Hall–Kier alpha value is -3.26. The van der Waals surface area contributed by atoms with E-state index in [-0.39, 0.29) is 11.5 Å². The van der Waals surface area contributed by atoms with Gasteiger partial charge in [-0.15, -0.1) is 0 Å². The molecule has 1 aliphatic heterocycles. The van der Waals surface area contributed by atoms with Gasteiger partial charge in [0.1, 0.15) is 17.4 Å². The highest BCUT2D eigenvalue weighted by atomic mass is 16.5. The number of para-hydroxylation sites is 1. The van der Waals surface area contributed by atoms with Crippen LogP contribution in [0.1, 0.15) is 17.5 Å². The molecule has 0 saturated heterocycles. The van der Waals surface area contributed by atoms with Crippen LogP contribution in [0.3, 0.4) is 0 Å². The number of methoxy groups -OCH3 is 1. The van der Waals surface area contributed by atoms with Crippen molar-refractivity contribution in [3.05, 3.63) is 71.4 Å². The van der Waals surface area contributed by atoms with Gasteiger partial charge in [-0.3, -0.25) is 4.79 Å². The van der Waals surface area contributed by atoms with Crippen molar-refractivity contribution < 1.29 is 9.53 Å². The zero-order valence-corrected chi connectivity index (χ0v) is 15.4. The van der Waals surface area contributed by atoms with Gasteiger partial charge in [-0.2, -0.15) is 5.26 Å². The maximum atomic E-state index is 12.8. The second-order valence-electron chi connectivity index (χ2n) is 6.41. The van der Waals surface area contributed by atoms with Crippen molar-refractivity contribution in [2.45, 2.75) is 19.3 Å². The van der Waals surface area contributed by atoms with Crippen LogP contribution in [-0.2, 0) is 17.6 Å². The lowest BCUT2D eigenvalue weighted by Gasteiger charge is -2.29. The third-order valence-electron chi connectivity index (χ3n) is 4.67. The van der Waals surface area contributed by atoms with Crippen LogP contribution in [0, 0.1) is 11.3 Å². The maximum Gasteiger partial charge on any atom is 0.270 e. The van der Waals surface area contributed by atoms with Crippen LogP contribution in [0.15, 0.2) is 60.3 Å². The molecule has 0 aliphatic carbocycles. The molecule has 138 valence electrons. The molecule has 0 bridgehead atoms. The Morgan fingerprint density at radius 3 is 2.78 bits per heavy atom. The Balaban J connectivity index is 1.61. The number of carbonyl (C=O) groups excluding carboxylic acids is 1. The maximum absolute atomic E-state index is 12.8. The van der Waals surface area contributed by atoms with Gasteiger partial charge in [0.2, 0.25) is 0 Å². The molecule has 1 N–H and O–H groups in total. The minimum absolute atomic E-state index is 0.126. The van der Waals surface area contributed by atoms with Crippen LogP contribution >= 0.6 is 0 Å². The molecule has 0 spiro atoms. The van der Waals surface area contributed by atoms with Crippen molar-refractivity contribution in [2.24, 2.45) is 0 Å². The summed E-state index contributed by atoms with van der Waals surface area (Å²) in [5, 5.41) is 12.5. The number of hydrogen-bond donors (Lipinski definition) is 1. The number of fused-ring (bicyclic) bond motifs is 1. The summed E-state index contributed by atoms with van der Waals surface area (Å²) >= 11 is 0. The van der Waals surface area contributed by atoms with E-state index in [9.17, 15) is 10.1 Å². The number of nitrogens with one attached hydrogen (secondary N) is 1. The number of nitriles is 1. The molecule has 2 aromatic carbocycles. The van der Waals surface area contributed by atoms with E-state index in [0.717, 1.165) is 41.8 Å². The molecule has 0 radical (unpaired) electrons. The van der Waals surface area contributed by atoms with Crippen molar-refractivity contribution in [1.82, 2.24) is 5.32 Å². The first-order valence-electron chi connectivity index (χ1n) is 9.09. The van der Waals surface area contributed by atoms with Crippen LogP contribution in [-0.4, -0.2) is 26.1 Å². The van der Waals surface area contributed by atoms with Crippen LogP contribution in [0.5, 0.6) is 5.75 Å². The molecular formula is C22H23N3O2. The SMILES string of the molecule is COc1ccc(CCN/C=C(/C#N)C(=O)N2CCCc3ccccc32)cc1. The number of nitrogens with zero attached hydrogens (tertiary/aromatic N) is 2. The van der Waals surface area contributed by atoms with E-state index < -0.39 is 0 Å². The number of hydrogen-bond acceptors (Lipinski definition) is 4. The summed E-state index contributed by atoms with van der Waals surface area (Å²) in [6, 6.07) is 17.8. The van der Waals surface area contributed by atoms with E-state index >= 15 is 0 Å². The second-order valence-corrected chi connectivity index (χ2v) is 6.41. The quantitative estimate of drug-likeness (QED) is 0.487. The molecule has 1 amide bonds. The van der Waals surface area contributed by atoms with E-state index in [0.29, 0.717) is 13.1 Å². The minimum atomic E-state index is -0.249. The predicted octanol–water partition coefficient (Wildman–Crippen LogP) is 3.21. The number of anilines is 1. The van der Waals surface area contributed by atoms with E-state index in [1.54, 1.807) is 12.0 Å².